The molecular weight excluding hydrogens is 257 g/mol. The molecular formula is C13H25F3N2O. The number of nitrogens with zero attached hydrogens (tertiary/aromatic N) is 1. The van der Waals surface area contributed by atoms with Crippen molar-refractivity contribution in [2.24, 2.45) is 0 Å². The Morgan fingerprint density at radius 2 is 2.05 bits per heavy atom. The molecule has 6 heteroatoms. The van der Waals surface area contributed by atoms with E-state index < -0.39 is 12.8 Å². The smallest absolute Gasteiger partial charge is 0.372 e. The third-order valence-electron chi connectivity index (χ3n) is 3.37. The van der Waals surface area contributed by atoms with E-state index in [-0.39, 0.29) is 6.61 Å². The lowest BCUT2D eigenvalue weighted by atomic mass is 10.0. The van der Waals surface area contributed by atoms with Crippen LogP contribution >= 0.6 is 0 Å². The second kappa shape index (κ2) is 8.76. The summed E-state index contributed by atoms with van der Waals surface area (Å²) in [6, 6.07) is 0.609. The number of hydrogen-bond donors (Lipinski definition) is 1. The van der Waals surface area contributed by atoms with Crippen LogP contribution in [0.2, 0.25) is 0 Å². The molecule has 1 N–H and O–H groups in total. The number of piperidine rings is 1. The van der Waals surface area contributed by atoms with Crippen molar-refractivity contribution in [1.82, 2.24) is 10.2 Å². The Bertz CT molecular complexity index is 230. The van der Waals surface area contributed by atoms with Crippen LogP contribution in [0.15, 0.2) is 0 Å². The Morgan fingerprint density at radius 1 is 1.26 bits per heavy atom. The maximum Gasteiger partial charge on any atom is 0.411 e. The van der Waals surface area contributed by atoms with Crippen LogP contribution in [-0.2, 0) is 4.74 Å². The molecule has 0 radical (unpaired) electrons. The van der Waals surface area contributed by atoms with Crippen molar-refractivity contribution in [2.45, 2.75) is 44.3 Å². The van der Waals surface area contributed by atoms with E-state index in [4.69, 9.17) is 0 Å². The van der Waals surface area contributed by atoms with E-state index in [0.717, 1.165) is 26.1 Å². The molecule has 1 atom stereocenters. The van der Waals surface area contributed by atoms with Crippen molar-refractivity contribution in [1.29, 1.82) is 0 Å². The number of alkyl halides is 3. The first kappa shape index (κ1) is 16.7. The number of hydrogen-bond acceptors (Lipinski definition) is 3. The highest BCUT2D eigenvalue weighted by Crippen LogP contribution is 2.14. The van der Waals surface area contributed by atoms with Crippen molar-refractivity contribution in [3.63, 3.8) is 0 Å². The standard InChI is InChI=1S/C13H25F3N2O/c1-18(8-4-10-19-11-13(14,15)16)9-6-12-5-2-3-7-17-12/h12,17H,2-11H2,1H3. The molecule has 1 aliphatic heterocycles. The van der Waals surface area contributed by atoms with Crippen LogP contribution in [0.4, 0.5) is 13.2 Å². The third-order valence-corrected chi connectivity index (χ3v) is 3.37. The predicted octanol–water partition coefficient (Wildman–Crippen LogP) is 2.42. The highest BCUT2D eigenvalue weighted by molar-refractivity contribution is 4.73. The van der Waals surface area contributed by atoms with Crippen LogP contribution in [0.25, 0.3) is 0 Å². The van der Waals surface area contributed by atoms with Crippen molar-refractivity contribution in [2.75, 3.05) is 39.9 Å². The Labute approximate surface area is 113 Å². The van der Waals surface area contributed by atoms with Gasteiger partial charge < -0.3 is 15.0 Å². The number of ether oxygens (including phenoxy) is 1. The van der Waals surface area contributed by atoms with Gasteiger partial charge in [0.05, 0.1) is 0 Å². The minimum Gasteiger partial charge on any atom is -0.372 e. The van der Waals surface area contributed by atoms with Gasteiger partial charge in [-0.15, -0.1) is 0 Å². The zero-order chi connectivity index (χ0) is 14.1. The van der Waals surface area contributed by atoms with Gasteiger partial charge in [-0.05, 0) is 45.8 Å². The molecule has 1 heterocycles. The molecule has 0 aromatic rings. The maximum absolute atomic E-state index is 11.8. The van der Waals surface area contributed by atoms with Crippen molar-refractivity contribution < 1.29 is 17.9 Å². The molecule has 114 valence electrons. The van der Waals surface area contributed by atoms with E-state index in [0.29, 0.717) is 12.5 Å². The minimum absolute atomic E-state index is 0.172. The molecule has 3 nitrogen and oxygen atoms in total. The first-order valence-corrected chi connectivity index (χ1v) is 7.04. The zero-order valence-corrected chi connectivity index (χ0v) is 11.6. The summed E-state index contributed by atoms with van der Waals surface area (Å²) < 4.78 is 40.1. The summed E-state index contributed by atoms with van der Waals surface area (Å²) in [5.74, 6) is 0. The molecule has 1 saturated heterocycles. The van der Waals surface area contributed by atoms with Crippen LogP contribution in [-0.4, -0.2) is 57.0 Å². The van der Waals surface area contributed by atoms with Gasteiger partial charge in [0.2, 0.25) is 0 Å². The summed E-state index contributed by atoms with van der Waals surface area (Å²) in [5.41, 5.74) is 0. The van der Waals surface area contributed by atoms with Gasteiger partial charge in [0, 0.05) is 19.2 Å². The largest absolute Gasteiger partial charge is 0.411 e. The lowest BCUT2D eigenvalue weighted by Crippen LogP contribution is -2.37. The van der Waals surface area contributed by atoms with Gasteiger partial charge in [-0.1, -0.05) is 6.42 Å². The Balaban J connectivity index is 1.94. The van der Waals surface area contributed by atoms with Crippen molar-refractivity contribution in [3.8, 4) is 0 Å². The molecule has 19 heavy (non-hydrogen) atoms. The molecule has 1 unspecified atom stereocenters. The highest BCUT2D eigenvalue weighted by atomic mass is 19.4. The van der Waals surface area contributed by atoms with E-state index in [1.165, 1.54) is 19.3 Å². The number of nitrogens with one attached hydrogen (secondary N) is 1. The van der Waals surface area contributed by atoms with Gasteiger partial charge in [-0.2, -0.15) is 13.2 Å². The molecule has 0 aromatic heterocycles. The van der Waals surface area contributed by atoms with E-state index in [1.54, 1.807) is 0 Å². The van der Waals surface area contributed by atoms with Crippen LogP contribution in [0.5, 0.6) is 0 Å². The summed E-state index contributed by atoms with van der Waals surface area (Å²) in [6.07, 6.45) is 1.35. The molecule has 0 aromatic carbocycles. The Hall–Kier alpha value is -0.330. The SMILES string of the molecule is CN(CCCOCC(F)(F)F)CCC1CCCCN1. The molecule has 1 rings (SSSR count). The van der Waals surface area contributed by atoms with E-state index >= 15 is 0 Å². The second-order valence-corrected chi connectivity index (χ2v) is 5.26. The number of rotatable bonds is 8. The van der Waals surface area contributed by atoms with Crippen LogP contribution < -0.4 is 5.32 Å². The normalized spacial score (nSPS) is 21.0. The molecule has 0 amide bonds. The fourth-order valence-corrected chi connectivity index (χ4v) is 2.28. The predicted molar refractivity (Wildman–Crippen MR) is 69.2 cm³/mol. The van der Waals surface area contributed by atoms with Gasteiger partial charge in [0.25, 0.3) is 0 Å². The topological polar surface area (TPSA) is 24.5 Å². The monoisotopic (exact) mass is 282 g/mol. The molecule has 1 fully saturated rings. The first-order valence-electron chi connectivity index (χ1n) is 7.04. The quantitative estimate of drug-likeness (QED) is 0.692. The fourth-order valence-electron chi connectivity index (χ4n) is 2.28. The maximum atomic E-state index is 11.8. The lowest BCUT2D eigenvalue weighted by Gasteiger charge is -2.25. The Morgan fingerprint density at radius 3 is 2.68 bits per heavy atom. The average Bonchev–Trinajstić information content (AvgIpc) is 2.36. The van der Waals surface area contributed by atoms with Crippen molar-refractivity contribution >= 4 is 0 Å². The van der Waals surface area contributed by atoms with Gasteiger partial charge >= 0.3 is 6.18 Å². The summed E-state index contributed by atoms with van der Waals surface area (Å²) in [6.45, 7) is 1.91. The van der Waals surface area contributed by atoms with Gasteiger partial charge in [-0.3, -0.25) is 0 Å². The molecule has 1 aliphatic rings. The molecule has 0 aliphatic carbocycles. The summed E-state index contributed by atoms with van der Waals surface area (Å²) in [7, 11) is 2.01. The highest BCUT2D eigenvalue weighted by Gasteiger charge is 2.27. The second-order valence-electron chi connectivity index (χ2n) is 5.26. The van der Waals surface area contributed by atoms with Gasteiger partial charge in [0.15, 0.2) is 0 Å². The minimum atomic E-state index is -4.21. The van der Waals surface area contributed by atoms with E-state index in [2.05, 4.69) is 15.0 Å². The number of halogens is 3. The van der Waals surface area contributed by atoms with Crippen LogP contribution in [0, 0.1) is 0 Å². The van der Waals surface area contributed by atoms with Crippen molar-refractivity contribution in [3.05, 3.63) is 0 Å². The van der Waals surface area contributed by atoms with E-state index in [1.807, 2.05) is 7.05 Å². The summed E-state index contributed by atoms with van der Waals surface area (Å²) in [5, 5.41) is 3.49. The van der Waals surface area contributed by atoms with Gasteiger partial charge in [-0.25, -0.2) is 0 Å². The van der Waals surface area contributed by atoms with Crippen LogP contribution in [0.1, 0.15) is 32.1 Å². The fraction of sp³-hybridized carbons (Fsp3) is 1.00. The molecule has 0 saturated carbocycles. The zero-order valence-electron chi connectivity index (χ0n) is 11.6. The average molecular weight is 282 g/mol. The third kappa shape index (κ3) is 9.24. The lowest BCUT2D eigenvalue weighted by molar-refractivity contribution is -0.174. The molecule has 0 spiro atoms. The molecule has 0 bridgehead atoms. The van der Waals surface area contributed by atoms with Gasteiger partial charge in [0.1, 0.15) is 6.61 Å². The summed E-state index contributed by atoms with van der Waals surface area (Å²) >= 11 is 0. The first-order chi connectivity index (χ1) is 8.97. The van der Waals surface area contributed by atoms with Crippen LogP contribution in [0.3, 0.4) is 0 Å². The Kier molecular flexibility index (Phi) is 7.71. The van der Waals surface area contributed by atoms with E-state index in [9.17, 15) is 13.2 Å². The summed E-state index contributed by atoms with van der Waals surface area (Å²) in [4.78, 5) is 2.16.